The molecule has 5 rings (SSSR count). The van der Waals surface area contributed by atoms with Crippen LogP contribution in [0.4, 0.5) is 17.1 Å². The molecule has 1 amide bonds. The van der Waals surface area contributed by atoms with E-state index in [9.17, 15) is 21.6 Å². The molecule has 0 atom stereocenters. The highest BCUT2D eigenvalue weighted by atomic mass is 32.2. The van der Waals surface area contributed by atoms with Crippen molar-refractivity contribution in [3.05, 3.63) is 125 Å². The van der Waals surface area contributed by atoms with Crippen LogP contribution in [0.25, 0.3) is 10.8 Å². The van der Waals surface area contributed by atoms with Crippen molar-refractivity contribution in [2.24, 2.45) is 0 Å². The van der Waals surface area contributed by atoms with Crippen molar-refractivity contribution in [1.82, 2.24) is 0 Å². The molecule has 3 N–H and O–H groups in total. The summed E-state index contributed by atoms with van der Waals surface area (Å²) < 4.78 is 57.7. The Morgan fingerprint density at radius 2 is 1.26 bits per heavy atom. The van der Waals surface area contributed by atoms with Gasteiger partial charge in [0.1, 0.15) is 0 Å². The molecule has 5 aromatic carbocycles. The minimum absolute atomic E-state index is 0.0191. The molecule has 214 valence electrons. The van der Waals surface area contributed by atoms with E-state index in [1.165, 1.54) is 36.4 Å². The Kier molecular flexibility index (Phi) is 7.77. The second-order valence-electron chi connectivity index (χ2n) is 10.00. The lowest BCUT2D eigenvalue weighted by Gasteiger charge is -2.13. The molecular weight excluding hydrogens is 571 g/mol. The van der Waals surface area contributed by atoms with Gasteiger partial charge in [0.25, 0.3) is 26.0 Å². The lowest BCUT2D eigenvalue weighted by Crippen LogP contribution is -2.17. The zero-order valence-electron chi connectivity index (χ0n) is 23.2. The van der Waals surface area contributed by atoms with Crippen LogP contribution in [0.15, 0.2) is 113 Å². The van der Waals surface area contributed by atoms with E-state index in [1.54, 1.807) is 37.3 Å². The van der Waals surface area contributed by atoms with Gasteiger partial charge in [0.05, 0.1) is 15.5 Å². The highest BCUT2D eigenvalue weighted by Crippen LogP contribution is 2.27. The number of nitrogens with one attached hydrogen (secondary N) is 3. The van der Waals surface area contributed by atoms with Crippen molar-refractivity contribution < 1.29 is 21.6 Å². The molecular formula is C32H29N3O5S2. The monoisotopic (exact) mass is 599 g/mol. The zero-order chi connectivity index (χ0) is 30.1. The molecule has 0 aliphatic heterocycles. The van der Waals surface area contributed by atoms with Gasteiger partial charge in [-0.3, -0.25) is 14.2 Å². The number of carbonyl (C=O) groups excluding carboxylic acids is 1. The van der Waals surface area contributed by atoms with Crippen molar-refractivity contribution in [1.29, 1.82) is 0 Å². The molecule has 0 spiro atoms. The van der Waals surface area contributed by atoms with E-state index < -0.39 is 26.0 Å². The fraction of sp³-hybridized carbons (Fsp3) is 0.0938. The van der Waals surface area contributed by atoms with Crippen molar-refractivity contribution in [2.75, 3.05) is 14.8 Å². The first-order valence-electron chi connectivity index (χ1n) is 13.1. The normalized spacial score (nSPS) is 11.7. The molecule has 0 saturated carbocycles. The van der Waals surface area contributed by atoms with Gasteiger partial charge in [-0.15, -0.1) is 0 Å². The maximum Gasteiger partial charge on any atom is 0.262 e. The number of carbonyl (C=O) groups is 1. The highest BCUT2D eigenvalue weighted by Gasteiger charge is 2.20. The summed E-state index contributed by atoms with van der Waals surface area (Å²) >= 11 is 0. The minimum Gasteiger partial charge on any atom is -0.322 e. The fourth-order valence-corrected chi connectivity index (χ4v) is 6.89. The molecule has 0 aliphatic carbocycles. The summed E-state index contributed by atoms with van der Waals surface area (Å²) in [6.07, 6.45) is 0. The van der Waals surface area contributed by atoms with E-state index >= 15 is 0 Å². The van der Waals surface area contributed by atoms with Crippen LogP contribution in [0.5, 0.6) is 0 Å². The van der Waals surface area contributed by atoms with Gasteiger partial charge >= 0.3 is 0 Å². The lowest BCUT2D eigenvalue weighted by atomic mass is 10.1. The predicted molar refractivity (Wildman–Crippen MR) is 167 cm³/mol. The first-order chi connectivity index (χ1) is 19.9. The lowest BCUT2D eigenvalue weighted by molar-refractivity contribution is 0.102. The molecule has 5 aromatic rings. The van der Waals surface area contributed by atoms with Gasteiger partial charge in [0.2, 0.25) is 0 Å². The maximum absolute atomic E-state index is 13.2. The highest BCUT2D eigenvalue weighted by molar-refractivity contribution is 7.93. The Morgan fingerprint density at radius 1 is 0.595 bits per heavy atom. The SMILES string of the molecule is Cc1ccc(NS(=O)(=O)c2cc(C(=O)Nc3ccc(S(=O)(=O)Nc4cccc5ccccc45)cc3)ccc2C)cc1C. The summed E-state index contributed by atoms with van der Waals surface area (Å²) in [5.41, 5.74) is 3.84. The number of hydrogen-bond donors (Lipinski definition) is 3. The van der Waals surface area contributed by atoms with Gasteiger partial charge in [0.15, 0.2) is 0 Å². The molecule has 8 nitrogen and oxygen atoms in total. The number of aryl methyl sites for hydroxylation is 3. The van der Waals surface area contributed by atoms with Crippen LogP contribution in [0, 0.1) is 20.8 Å². The second-order valence-corrected chi connectivity index (χ2v) is 13.3. The van der Waals surface area contributed by atoms with Crippen LogP contribution in [-0.4, -0.2) is 22.7 Å². The molecule has 0 radical (unpaired) electrons. The second kappa shape index (κ2) is 11.3. The van der Waals surface area contributed by atoms with Crippen LogP contribution in [-0.2, 0) is 20.0 Å². The smallest absolute Gasteiger partial charge is 0.262 e. The van der Waals surface area contributed by atoms with E-state index in [1.807, 2.05) is 50.2 Å². The van der Waals surface area contributed by atoms with Crippen molar-refractivity contribution >= 4 is 53.8 Å². The molecule has 0 heterocycles. The Hall–Kier alpha value is -4.67. The molecule has 10 heteroatoms. The third-order valence-electron chi connectivity index (χ3n) is 6.96. The Balaban J connectivity index is 1.32. The van der Waals surface area contributed by atoms with Crippen molar-refractivity contribution in [3.8, 4) is 0 Å². The molecule has 0 aromatic heterocycles. The van der Waals surface area contributed by atoms with Crippen molar-refractivity contribution in [3.63, 3.8) is 0 Å². The van der Waals surface area contributed by atoms with Gasteiger partial charge < -0.3 is 5.32 Å². The number of hydrogen-bond acceptors (Lipinski definition) is 5. The summed E-state index contributed by atoms with van der Waals surface area (Å²) in [5, 5.41) is 4.38. The molecule has 0 bridgehead atoms. The van der Waals surface area contributed by atoms with Crippen molar-refractivity contribution in [2.45, 2.75) is 30.6 Å². The zero-order valence-corrected chi connectivity index (χ0v) is 24.8. The first-order valence-corrected chi connectivity index (χ1v) is 16.0. The Bertz CT molecular complexity index is 2030. The van der Waals surface area contributed by atoms with E-state index in [4.69, 9.17) is 0 Å². The summed E-state index contributed by atoms with van der Waals surface area (Å²) in [6.45, 7) is 5.49. The largest absolute Gasteiger partial charge is 0.322 e. The molecule has 0 fully saturated rings. The average Bonchev–Trinajstić information content (AvgIpc) is 2.95. The summed E-state index contributed by atoms with van der Waals surface area (Å²) in [7, 11) is -7.86. The van der Waals surface area contributed by atoms with Crippen LogP contribution in [0.2, 0.25) is 0 Å². The summed E-state index contributed by atoms with van der Waals surface area (Å²) in [4.78, 5) is 13.0. The molecule has 0 saturated heterocycles. The maximum atomic E-state index is 13.2. The quantitative estimate of drug-likeness (QED) is 0.185. The fourth-order valence-electron chi connectivity index (χ4n) is 4.48. The predicted octanol–water partition coefficient (Wildman–Crippen LogP) is 6.62. The molecule has 42 heavy (non-hydrogen) atoms. The third-order valence-corrected chi connectivity index (χ3v) is 9.86. The van der Waals surface area contributed by atoms with Crippen LogP contribution in [0.1, 0.15) is 27.0 Å². The number of fused-ring (bicyclic) bond motifs is 1. The van der Waals surface area contributed by atoms with Crippen LogP contribution >= 0.6 is 0 Å². The van der Waals surface area contributed by atoms with Gasteiger partial charge in [0, 0.05) is 22.3 Å². The topological polar surface area (TPSA) is 121 Å². The minimum atomic E-state index is -3.97. The number of amides is 1. The van der Waals surface area contributed by atoms with E-state index in [0.29, 0.717) is 22.6 Å². The summed E-state index contributed by atoms with van der Waals surface area (Å²) in [6, 6.07) is 28.3. The Labute approximate surface area is 245 Å². The first kappa shape index (κ1) is 28.8. The van der Waals surface area contributed by atoms with E-state index in [0.717, 1.165) is 21.9 Å². The molecule has 0 aliphatic rings. The van der Waals surface area contributed by atoms with E-state index in [-0.39, 0.29) is 15.4 Å². The third kappa shape index (κ3) is 6.14. The van der Waals surface area contributed by atoms with Gasteiger partial charge in [-0.05, 0) is 97.4 Å². The molecule has 0 unspecified atom stereocenters. The number of sulfonamides is 2. The number of benzene rings is 5. The van der Waals surface area contributed by atoms with Gasteiger partial charge in [-0.2, -0.15) is 0 Å². The van der Waals surface area contributed by atoms with Crippen LogP contribution < -0.4 is 14.8 Å². The average molecular weight is 600 g/mol. The number of anilines is 3. The standard InChI is InChI=1S/C32H29N3O5S2/c1-21-12-14-27(19-23(21)3)34-42(39,40)31-20-25(13-11-22(31)2)32(36)33-26-15-17-28(18-16-26)41(37,38)35-30-10-6-8-24-7-4-5-9-29(24)30/h4-20,34-35H,1-3H3,(H,33,36). The summed E-state index contributed by atoms with van der Waals surface area (Å²) in [5.74, 6) is -0.540. The van der Waals surface area contributed by atoms with Gasteiger partial charge in [-0.1, -0.05) is 48.5 Å². The van der Waals surface area contributed by atoms with Crippen LogP contribution in [0.3, 0.4) is 0 Å². The Morgan fingerprint density at radius 3 is 2.00 bits per heavy atom. The number of rotatable bonds is 8. The van der Waals surface area contributed by atoms with E-state index in [2.05, 4.69) is 14.8 Å². The van der Waals surface area contributed by atoms with Gasteiger partial charge in [-0.25, -0.2) is 16.8 Å².